The minimum absolute atomic E-state index is 0.0148. The Kier molecular flexibility index (Phi) is 4.80. The van der Waals surface area contributed by atoms with Crippen LogP contribution in [0.25, 0.3) is 0 Å². The molecule has 2 saturated heterocycles. The van der Waals surface area contributed by atoms with Crippen molar-refractivity contribution in [2.75, 3.05) is 13.1 Å². The lowest BCUT2D eigenvalue weighted by Crippen LogP contribution is -2.63. The molecule has 3 rings (SSSR count). The molecule has 136 valence electrons. The summed E-state index contributed by atoms with van der Waals surface area (Å²) in [4.78, 5) is 15.4. The van der Waals surface area contributed by atoms with Gasteiger partial charge in [-0.1, -0.05) is 49.8 Å². The molecule has 0 saturated carbocycles. The number of nitrogens with one attached hydrogen (secondary N) is 1. The highest BCUT2D eigenvalue weighted by atomic mass is 16.2. The molecule has 1 aliphatic carbocycles. The fourth-order valence-corrected chi connectivity index (χ4v) is 5.27. The second-order valence-corrected chi connectivity index (χ2v) is 8.33. The molecule has 3 nitrogen and oxygen atoms in total. The highest BCUT2D eigenvalue weighted by molar-refractivity contribution is 5.86. The number of piperazine rings is 1. The predicted molar refractivity (Wildman–Crippen MR) is 104 cm³/mol. The van der Waals surface area contributed by atoms with Crippen LogP contribution in [0.1, 0.15) is 40.0 Å². The number of hydrogen-bond donors (Lipinski definition) is 1. The number of amides is 1. The lowest BCUT2D eigenvalue weighted by atomic mass is 9.64. The fourth-order valence-electron chi connectivity index (χ4n) is 5.27. The summed E-state index contributed by atoms with van der Waals surface area (Å²) >= 11 is 0. The number of rotatable bonds is 5. The molecule has 2 fully saturated rings. The van der Waals surface area contributed by atoms with Crippen LogP contribution in [-0.4, -0.2) is 36.0 Å². The first kappa shape index (κ1) is 18.2. The van der Waals surface area contributed by atoms with Crippen molar-refractivity contribution in [2.45, 2.75) is 52.1 Å². The van der Waals surface area contributed by atoms with E-state index in [1.54, 1.807) is 0 Å². The number of nitrogens with zero attached hydrogens (tertiary/aromatic N) is 1. The molecular weight excluding hydrogens is 308 g/mol. The average molecular weight is 341 g/mol. The first-order valence-corrected chi connectivity index (χ1v) is 9.52. The van der Waals surface area contributed by atoms with E-state index < -0.39 is 0 Å². The Morgan fingerprint density at radius 3 is 2.68 bits per heavy atom. The van der Waals surface area contributed by atoms with E-state index in [4.69, 9.17) is 0 Å². The second kappa shape index (κ2) is 6.60. The molecule has 0 aromatic rings. The van der Waals surface area contributed by atoms with E-state index in [1.807, 2.05) is 12.2 Å². The molecule has 1 amide bonds. The Hall–Kier alpha value is -1.61. The molecule has 2 unspecified atom stereocenters. The summed E-state index contributed by atoms with van der Waals surface area (Å²) in [7, 11) is 0. The number of fused-ring (bicyclic) bond motifs is 1. The average Bonchev–Trinajstić information content (AvgIpc) is 2.86. The van der Waals surface area contributed by atoms with E-state index in [0.29, 0.717) is 11.8 Å². The van der Waals surface area contributed by atoms with Gasteiger partial charge in [0.05, 0.1) is 5.41 Å². The van der Waals surface area contributed by atoms with E-state index in [2.05, 4.69) is 62.4 Å². The molecule has 0 spiro atoms. The number of carbonyl (C=O) groups excluding carboxylic acids is 1. The third-order valence-corrected chi connectivity index (χ3v) is 6.99. The van der Waals surface area contributed by atoms with Gasteiger partial charge in [0.1, 0.15) is 0 Å². The standard InChI is InChI=1S/C22H32N2O/c1-6-10-22(11-7-2)15-18-19(23-13-14-24(18)20(22)25)21(5)12-8-9-16(3)17(21)4/h6-9,12,17-19,23H,1-2,10-11,13-15H2,3-5H3/t17?,18-,19+,21?/m0/s1. The summed E-state index contributed by atoms with van der Waals surface area (Å²) in [5, 5.41) is 3.77. The summed E-state index contributed by atoms with van der Waals surface area (Å²) < 4.78 is 0. The van der Waals surface area contributed by atoms with Crippen molar-refractivity contribution in [1.29, 1.82) is 0 Å². The minimum Gasteiger partial charge on any atom is -0.336 e. The number of allylic oxidation sites excluding steroid dienone is 5. The molecule has 0 radical (unpaired) electrons. The topological polar surface area (TPSA) is 32.3 Å². The van der Waals surface area contributed by atoms with E-state index in [-0.39, 0.29) is 22.9 Å². The van der Waals surface area contributed by atoms with Crippen LogP contribution in [0.5, 0.6) is 0 Å². The number of hydrogen-bond acceptors (Lipinski definition) is 2. The van der Waals surface area contributed by atoms with Gasteiger partial charge < -0.3 is 10.2 Å². The summed E-state index contributed by atoms with van der Waals surface area (Å²) in [5.41, 5.74) is 1.08. The summed E-state index contributed by atoms with van der Waals surface area (Å²) in [5.74, 6) is 0.756. The van der Waals surface area contributed by atoms with Crippen LogP contribution in [0.2, 0.25) is 0 Å². The monoisotopic (exact) mass is 340 g/mol. The first-order chi connectivity index (χ1) is 11.9. The van der Waals surface area contributed by atoms with Gasteiger partial charge in [0.25, 0.3) is 0 Å². The zero-order chi connectivity index (χ0) is 18.2. The maximum absolute atomic E-state index is 13.3. The Morgan fingerprint density at radius 2 is 2.04 bits per heavy atom. The third kappa shape index (κ3) is 2.73. The molecule has 3 heteroatoms. The van der Waals surface area contributed by atoms with E-state index in [1.165, 1.54) is 5.57 Å². The van der Waals surface area contributed by atoms with Crippen molar-refractivity contribution in [2.24, 2.45) is 16.7 Å². The van der Waals surface area contributed by atoms with Crippen LogP contribution < -0.4 is 5.32 Å². The van der Waals surface area contributed by atoms with Crippen molar-refractivity contribution < 1.29 is 4.79 Å². The third-order valence-electron chi connectivity index (χ3n) is 6.99. The van der Waals surface area contributed by atoms with E-state index >= 15 is 0 Å². The van der Waals surface area contributed by atoms with Crippen LogP contribution in [0.3, 0.4) is 0 Å². The molecule has 0 bridgehead atoms. The van der Waals surface area contributed by atoms with Crippen LogP contribution in [-0.2, 0) is 4.79 Å². The van der Waals surface area contributed by atoms with E-state index in [9.17, 15) is 4.79 Å². The quantitative estimate of drug-likeness (QED) is 0.771. The summed E-state index contributed by atoms with van der Waals surface area (Å²) in [6.45, 7) is 16.4. The van der Waals surface area contributed by atoms with Crippen molar-refractivity contribution in [1.82, 2.24) is 10.2 Å². The first-order valence-electron chi connectivity index (χ1n) is 9.52. The maximum atomic E-state index is 13.3. The smallest absolute Gasteiger partial charge is 0.229 e. The highest BCUT2D eigenvalue weighted by Gasteiger charge is 2.56. The van der Waals surface area contributed by atoms with Crippen LogP contribution in [0.4, 0.5) is 0 Å². The maximum Gasteiger partial charge on any atom is 0.229 e. The summed E-state index contributed by atoms with van der Waals surface area (Å²) in [6, 6.07) is 0.515. The van der Waals surface area contributed by atoms with Crippen molar-refractivity contribution in [3.05, 3.63) is 49.1 Å². The van der Waals surface area contributed by atoms with Crippen molar-refractivity contribution in [3.63, 3.8) is 0 Å². The van der Waals surface area contributed by atoms with Gasteiger partial charge in [-0.25, -0.2) is 0 Å². The van der Waals surface area contributed by atoms with Crippen LogP contribution in [0, 0.1) is 16.7 Å². The Balaban J connectivity index is 1.96. The Bertz CT molecular complexity index is 622. The summed E-state index contributed by atoms with van der Waals surface area (Å²) in [6.07, 6.45) is 12.9. The minimum atomic E-state index is -0.346. The normalized spacial score (nSPS) is 36.8. The second-order valence-electron chi connectivity index (χ2n) is 8.33. The molecule has 1 N–H and O–H groups in total. The van der Waals surface area contributed by atoms with Gasteiger partial charge in [-0.15, -0.1) is 13.2 Å². The Labute approximate surface area is 152 Å². The lowest BCUT2D eigenvalue weighted by molar-refractivity contribution is -0.138. The van der Waals surface area contributed by atoms with Crippen molar-refractivity contribution >= 4 is 5.91 Å². The van der Waals surface area contributed by atoms with Gasteiger partial charge in [0, 0.05) is 30.6 Å². The lowest BCUT2D eigenvalue weighted by Gasteiger charge is -2.49. The van der Waals surface area contributed by atoms with Crippen LogP contribution in [0.15, 0.2) is 49.1 Å². The molecular formula is C22H32N2O. The molecule has 0 aromatic carbocycles. The van der Waals surface area contributed by atoms with E-state index in [0.717, 1.165) is 32.4 Å². The zero-order valence-electron chi connectivity index (χ0n) is 15.9. The van der Waals surface area contributed by atoms with Gasteiger partial charge in [-0.2, -0.15) is 0 Å². The zero-order valence-corrected chi connectivity index (χ0v) is 15.9. The van der Waals surface area contributed by atoms with Gasteiger partial charge >= 0.3 is 0 Å². The molecule has 3 aliphatic rings. The van der Waals surface area contributed by atoms with Crippen LogP contribution >= 0.6 is 0 Å². The van der Waals surface area contributed by atoms with Crippen molar-refractivity contribution in [3.8, 4) is 0 Å². The highest BCUT2D eigenvalue weighted by Crippen LogP contribution is 2.50. The molecule has 0 aromatic heterocycles. The molecule has 4 atom stereocenters. The molecule has 2 aliphatic heterocycles. The predicted octanol–water partition coefficient (Wildman–Crippen LogP) is 3.86. The number of carbonyl (C=O) groups is 1. The fraction of sp³-hybridized carbons (Fsp3) is 0.591. The molecule has 2 heterocycles. The Morgan fingerprint density at radius 1 is 1.36 bits per heavy atom. The van der Waals surface area contributed by atoms with Gasteiger partial charge in [0.2, 0.25) is 5.91 Å². The SMILES string of the molecule is C=CCC1(CC=C)C[C@H]2[C@H](C3(C)C=CC=C(C)C3C)NCCN2C1=O. The van der Waals surface area contributed by atoms with Gasteiger partial charge in [-0.05, 0) is 32.1 Å². The van der Waals surface area contributed by atoms with Gasteiger partial charge in [0.15, 0.2) is 0 Å². The molecule has 25 heavy (non-hydrogen) atoms. The van der Waals surface area contributed by atoms with Gasteiger partial charge in [-0.3, -0.25) is 4.79 Å². The largest absolute Gasteiger partial charge is 0.336 e.